The Morgan fingerprint density at radius 3 is 2.86 bits per heavy atom. The van der Waals surface area contributed by atoms with Crippen LogP contribution in [0.2, 0.25) is 0 Å². The van der Waals surface area contributed by atoms with Crippen LogP contribution >= 0.6 is 27.3 Å². The van der Waals surface area contributed by atoms with E-state index < -0.39 is 11.7 Å². The molecule has 146 valence electrons. The fourth-order valence-corrected chi connectivity index (χ4v) is 3.88. The quantitative estimate of drug-likeness (QED) is 0.227. The van der Waals surface area contributed by atoms with Crippen molar-refractivity contribution in [3.63, 3.8) is 0 Å². The van der Waals surface area contributed by atoms with Crippen molar-refractivity contribution in [2.45, 2.75) is 0 Å². The molecule has 29 heavy (non-hydrogen) atoms. The first-order valence-corrected chi connectivity index (χ1v) is 9.78. The summed E-state index contributed by atoms with van der Waals surface area (Å²) in [5.41, 5.74) is 2.66. The number of rotatable bonds is 4. The Hall–Kier alpha value is -3.15. The number of hydrogen-bond acceptors (Lipinski definition) is 7. The molecule has 3 N–H and O–H groups in total. The van der Waals surface area contributed by atoms with Gasteiger partial charge < -0.3 is 5.32 Å². The topological polar surface area (TPSA) is 113 Å². The lowest BCUT2D eigenvalue weighted by atomic mass is 10.1. The van der Waals surface area contributed by atoms with Crippen molar-refractivity contribution in [2.24, 2.45) is 4.99 Å². The molecule has 0 spiro atoms. The Morgan fingerprint density at radius 1 is 1.24 bits per heavy atom. The van der Waals surface area contributed by atoms with E-state index >= 15 is 0 Å². The number of benzene rings is 2. The van der Waals surface area contributed by atoms with Crippen LogP contribution in [0.3, 0.4) is 0 Å². The Bertz CT molecular complexity index is 1240. The highest BCUT2D eigenvalue weighted by Gasteiger charge is 2.21. The summed E-state index contributed by atoms with van der Waals surface area (Å²) in [6.07, 6.45) is 0. The molecule has 8 nitrogen and oxygen atoms in total. The van der Waals surface area contributed by atoms with Gasteiger partial charge in [0, 0.05) is 15.5 Å². The third kappa shape index (κ3) is 3.88. The molecular formula is C18H11BrFN5O3S. The fourth-order valence-electron chi connectivity index (χ4n) is 2.57. The number of hydroxylamine groups is 1. The lowest BCUT2D eigenvalue weighted by molar-refractivity contribution is 0.102. The number of amides is 1. The van der Waals surface area contributed by atoms with Crippen molar-refractivity contribution < 1.29 is 19.0 Å². The molecule has 0 radical (unpaired) electrons. The molecule has 0 unspecified atom stereocenters. The number of carbonyl (C=O) groups excluding carboxylic acids is 1. The van der Waals surface area contributed by atoms with Crippen LogP contribution in [0.4, 0.5) is 15.9 Å². The zero-order valence-corrected chi connectivity index (χ0v) is 16.8. The van der Waals surface area contributed by atoms with Crippen molar-refractivity contribution in [3.8, 4) is 0 Å². The number of nitrogens with zero attached hydrogens (tertiary/aromatic N) is 3. The van der Waals surface area contributed by atoms with Gasteiger partial charge in [0.1, 0.15) is 5.82 Å². The third-order valence-corrected chi connectivity index (χ3v) is 5.49. The zero-order valence-electron chi connectivity index (χ0n) is 14.4. The maximum absolute atomic E-state index is 13.4. The van der Waals surface area contributed by atoms with Crippen LogP contribution < -0.4 is 10.8 Å². The van der Waals surface area contributed by atoms with Crippen LogP contribution in [0.1, 0.15) is 16.1 Å². The molecular weight excluding hydrogens is 465 g/mol. The van der Waals surface area contributed by atoms with Gasteiger partial charge in [0.25, 0.3) is 5.91 Å². The number of nitrogens with one attached hydrogen (secondary N) is 2. The average molecular weight is 476 g/mol. The van der Waals surface area contributed by atoms with Crippen LogP contribution in [0.5, 0.6) is 0 Å². The number of amidine groups is 1. The van der Waals surface area contributed by atoms with Crippen molar-refractivity contribution in [1.29, 1.82) is 0 Å². The number of thiophene rings is 1. The molecule has 0 aliphatic carbocycles. The second-order valence-electron chi connectivity index (χ2n) is 5.73. The van der Waals surface area contributed by atoms with Crippen LogP contribution in [0, 0.1) is 5.82 Å². The summed E-state index contributed by atoms with van der Waals surface area (Å²) in [7, 11) is 0. The monoisotopic (exact) mass is 475 g/mol. The average Bonchev–Trinajstić information content (AvgIpc) is 3.35. The maximum Gasteiger partial charge on any atom is 0.258 e. The van der Waals surface area contributed by atoms with Crippen LogP contribution in [-0.4, -0.2) is 27.3 Å². The Balaban J connectivity index is 1.64. The first-order valence-electron chi connectivity index (χ1n) is 8.11. The summed E-state index contributed by atoms with van der Waals surface area (Å²) in [6, 6.07) is 11.5. The molecule has 0 aliphatic heterocycles. The summed E-state index contributed by atoms with van der Waals surface area (Å²) >= 11 is 4.51. The number of hydrogen-bond donors (Lipinski definition) is 3. The van der Waals surface area contributed by atoms with Gasteiger partial charge in [-0.2, -0.15) is 0 Å². The molecule has 2 aromatic heterocycles. The Labute approximate surface area is 175 Å². The summed E-state index contributed by atoms with van der Waals surface area (Å²) in [5, 5.41) is 22.0. The smallest absolute Gasteiger partial charge is 0.258 e. The first-order chi connectivity index (χ1) is 14.1. The Morgan fingerprint density at radius 2 is 2.07 bits per heavy atom. The molecule has 2 heterocycles. The molecule has 0 saturated heterocycles. The van der Waals surface area contributed by atoms with E-state index in [-0.39, 0.29) is 21.8 Å². The van der Waals surface area contributed by atoms with E-state index in [0.29, 0.717) is 11.3 Å². The summed E-state index contributed by atoms with van der Waals surface area (Å²) < 4.78 is 19.3. The van der Waals surface area contributed by atoms with Crippen molar-refractivity contribution in [3.05, 3.63) is 69.4 Å². The molecule has 4 aromatic rings. The van der Waals surface area contributed by atoms with Crippen molar-refractivity contribution >= 4 is 60.6 Å². The van der Waals surface area contributed by atoms with Gasteiger partial charge >= 0.3 is 0 Å². The van der Waals surface area contributed by atoms with Crippen LogP contribution in [-0.2, 0) is 0 Å². The fraction of sp³-hybridized carbons (Fsp3) is 0. The summed E-state index contributed by atoms with van der Waals surface area (Å²) in [5.74, 6) is -1.05. The second kappa shape index (κ2) is 8.07. The maximum atomic E-state index is 13.4. The second-order valence-corrected chi connectivity index (χ2v) is 7.50. The van der Waals surface area contributed by atoms with Crippen molar-refractivity contribution in [1.82, 2.24) is 15.8 Å². The summed E-state index contributed by atoms with van der Waals surface area (Å²) in [4.78, 5) is 16.9. The van der Waals surface area contributed by atoms with E-state index in [0.717, 1.165) is 10.1 Å². The highest BCUT2D eigenvalue weighted by molar-refractivity contribution is 9.10. The van der Waals surface area contributed by atoms with Gasteiger partial charge in [0.05, 0.1) is 15.7 Å². The van der Waals surface area contributed by atoms with E-state index in [2.05, 4.69) is 36.6 Å². The number of aliphatic imine (C=N–C) groups is 1. The molecule has 0 fully saturated rings. The lowest BCUT2D eigenvalue weighted by Crippen LogP contribution is -2.23. The van der Waals surface area contributed by atoms with Gasteiger partial charge in [-0.1, -0.05) is 18.2 Å². The van der Waals surface area contributed by atoms with Crippen LogP contribution in [0.25, 0.3) is 10.1 Å². The molecule has 1 amide bonds. The SMILES string of the molecule is O=C(Nc1nonc1C(=Nc1ccc(F)c(Br)c1)NO)c1csc2ccccc12. The predicted octanol–water partition coefficient (Wildman–Crippen LogP) is 4.50. The normalized spacial score (nSPS) is 11.6. The first kappa shape index (κ1) is 19.2. The zero-order chi connectivity index (χ0) is 20.4. The molecule has 0 bridgehead atoms. The predicted molar refractivity (Wildman–Crippen MR) is 109 cm³/mol. The van der Waals surface area contributed by atoms with Crippen molar-refractivity contribution in [2.75, 3.05) is 5.32 Å². The minimum Gasteiger partial charge on any atom is -0.302 e. The van der Waals surface area contributed by atoms with Gasteiger partial charge in [-0.05, 0) is 50.5 Å². The standard InChI is InChI=1S/C18H11BrFN5O3S/c19-12-7-9(5-6-13(12)20)21-16(23-27)15-17(25-28-24-15)22-18(26)11-8-29-14-4-2-1-3-10(11)14/h1-8,27H,(H,21,23)(H,22,25,26). The van der Waals surface area contributed by atoms with E-state index in [9.17, 15) is 14.4 Å². The van der Waals surface area contributed by atoms with E-state index in [1.807, 2.05) is 29.7 Å². The molecule has 0 atom stereocenters. The highest BCUT2D eigenvalue weighted by Crippen LogP contribution is 2.27. The van der Waals surface area contributed by atoms with Gasteiger partial charge in [-0.3, -0.25) is 15.5 Å². The molecule has 4 rings (SSSR count). The van der Waals surface area contributed by atoms with Gasteiger partial charge in [-0.15, -0.1) is 11.3 Å². The minimum absolute atomic E-state index is 0.0270. The summed E-state index contributed by atoms with van der Waals surface area (Å²) in [6.45, 7) is 0. The molecule has 0 aliphatic rings. The number of anilines is 1. The van der Waals surface area contributed by atoms with Gasteiger partial charge in [0.2, 0.25) is 5.82 Å². The number of aromatic nitrogens is 2. The van der Waals surface area contributed by atoms with Gasteiger partial charge in [-0.25, -0.2) is 14.0 Å². The number of fused-ring (bicyclic) bond motifs is 1. The number of halogens is 2. The highest BCUT2D eigenvalue weighted by atomic mass is 79.9. The van der Waals surface area contributed by atoms with Crippen LogP contribution in [0.15, 0.2) is 61.9 Å². The van der Waals surface area contributed by atoms with E-state index in [1.165, 1.54) is 29.5 Å². The molecule has 2 aromatic carbocycles. The number of carbonyl (C=O) groups is 1. The lowest BCUT2D eigenvalue weighted by Gasteiger charge is -2.05. The molecule has 11 heteroatoms. The van der Waals surface area contributed by atoms with E-state index in [1.54, 1.807) is 5.38 Å². The largest absolute Gasteiger partial charge is 0.302 e. The van der Waals surface area contributed by atoms with E-state index in [4.69, 9.17) is 4.63 Å². The molecule has 0 saturated carbocycles. The minimum atomic E-state index is -0.457. The third-order valence-electron chi connectivity index (χ3n) is 3.92. The Kier molecular flexibility index (Phi) is 5.34. The van der Waals surface area contributed by atoms with Gasteiger partial charge in [0.15, 0.2) is 11.5 Å².